The maximum absolute atomic E-state index is 14.5. The fourth-order valence-electron chi connectivity index (χ4n) is 6.03. The number of fused-ring (bicyclic) bond motifs is 2. The Balaban J connectivity index is 1.30. The molecular formula is C34H35ClN2O6. The molecule has 0 aliphatic carbocycles. The van der Waals surface area contributed by atoms with Crippen molar-refractivity contribution in [2.75, 3.05) is 40.0 Å². The van der Waals surface area contributed by atoms with Gasteiger partial charge in [0.1, 0.15) is 12.4 Å². The van der Waals surface area contributed by atoms with Gasteiger partial charge in [0.15, 0.2) is 22.7 Å². The Kier molecular flexibility index (Phi) is 8.58. The van der Waals surface area contributed by atoms with Crippen molar-refractivity contribution in [3.8, 4) is 11.5 Å². The van der Waals surface area contributed by atoms with Gasteiger partial charge in [-0.15, -0.1) is 0 Å². The van der Waals surface area contributed by atoms with Crippen LogP contribution < -0.4 is 9.47 Å². The van der Waals surface area contributed by atoms with Crippen LogP contribution in [0.15, 0.2) is 77.2 Å². The third kappa shape index (κ3) is 6.21. The molecule has 0 saturated carbocycles. The van der Waals surface area contributed by atoms with Gasteiger partial charge in [0.05, 0.1) is 26.8 Å². The van der Waals surface area contributed by atoms with Crippen LogP contribution in [0.25, 0.3) is 11.0 Å². The van der Waals surface area contributed by atoms with E-state index in [0.717, 1.165) is 36.1 Å². The first kappa shape index (κ1) is 29.1. The summed E-state index contributed by atoms with van der Waals surface area (Å²) in [6.45, 7) is 1.85. The number of hydrogen-bond acceptors (Lipinski definition) is 6. The topological polar surface area (TPSA) is 81.5 Å². The van der Waals surface area contributed by atoms with Crippen LogP contribution in [-0.4, -0.2) is 67.2 Å². The second-order valence-corrected chi connectivity index (χ2v) is 11.5. The van der Waals surface area contributed by atoms with E-state index in [2.05, 4.69) is 6.07 Å². The van der Waals surface area contributed by atoms with Gasteiger partial charge < -0.3 is 28.4 Å². The van der Waals surface area contributed by atoms with Gasteiger partial charge in [0.2, 0.25) is 0 Å². The molecule has 224 valence electrons. The number of benzene rings is 3. The molecule has 1 aromatic heterocycles. The van der Waals surface area contributed by atoms with Crippen LogP contribution in [0.1, 0.15) is 40.9 Å². The normalized spacial score (nSPS) is 19.8. The van der Waals surface area contributed by atoms with Crippen LogP contribution in [0.3, 0.4) is 0 Å². The number of halogens is 1. The van der Waals surface area contributed by atoms with E-state index in [0.29, 0.717) is 54.4 Å². The predicted molar refractivity (Wildman–Crippen MR) is 164 cm³/mol. The van der Waals surface area contributed by atoms with Crippen LogP contribution in [-0.2, 0) is 22.5 Å². The number of ether oxygens (including phenoxy) is 3. The molecule has 0 N–H and O–H groups in total. The zero-order valence-electron chi connectivity index (χ0n) is 24.2. The molecule has 2 amide bonds. The first-order chi connectivity index (χ1) is 21.0. The molecule has 43 heavy (non-hydrogen) atoms. The molecule has 1 atom stereocenters. The van der Waals surface area contributed by atoms with Crippen LogP contribution in [0.4, 0.5) is 0 Å². The number of carbonyl (C=O) groups excluding carboxylic acids is 2. The Labute approximate surface area is 256 Å². The predicted octanol–water partition coefficient (Wildman–Crippen LogP) is 6.14. The molecule has 0 bridgehead atoms. The number of methoxy groups -OCH3 is 1. The number of para-hydroxylation sites is 1. The van der Waals surface area contributed by atoms with Crippen molar-refractivity contribution in [3.05, 3.63) is 94.7 Å². The number of amides is 2. The molecule has 3 heterocycles. The number of carbonyl (C=O) groups is 2. The molecule has 2 aliphatic rings. The van der Waals surface area contributed by atoms with E-state index in [1.54, 1.807) is 23.1 Å². The fraction of sp³-hybridized carbons (Fsp3) is 0.353. The molecule has 9 heteroatoms. The molecule has 1 spiro atoms. The molecule has 2 aliphatic heterocycles. The highest BCUT2D eigenvalue weighted by molar-refractivity contribution is 6.31. The summed E-state index contributed by atoms with van der Waals surface area (Å²) in [5.74, 6) is 1.04. The number of morpholine rings is 1. The summed E-state index contributed by atoms with van der Waals surface area (Å²) in [6, 6.07) is 23.0. The summed E-state index contributed by atoms with van der Waals surface area (Å²) >= 11 is 6.24. The number of nitrogens with zero attached hydrogens (tertiary/aromatic N) is 2. The lowest BCUT2D eigenvalue weighted by molar-refractivity contribution is -0.171. The minimum absolute atomic E-state index is 0.127. The largest absolute Gasteiger partial charge is 0.493 e. The lowest BCUT2D eigenvalue weighted by Crippen LogP contribution is -2.61. The van der Waals surface area contributed by atoms with Gasteiger partial charge >= 0.3 is 0 Å². The highest BCUT2D eigenvalue weighted by Crippen LogP contribution is 2.34. The maximum Gasteiger partial charge on any atom is 0.289 e. The molecule has 8 nitrogen and oxygen atoms in total. The fourth-order valence-corrected chi connectivity index (χ4v) is 6.25. The summed E-state index contributed by atoms with van der Waals surface area (Å²) in [5, 5.41) is 1.16. The summed E-state index contributed by atoms with van der Waals surface area (Å²) < 4.78 is 24.0. The number of rotatable bonds is 4. The average molecular weight is 603 g/mol. The van der Waals surface area contributed by atoms with Crippen LogP contribution in [0.2, 0.25) is 5.02 Å². The summed E-state index contributed by atoms with van der Waals surface area (Å²) in [4.78, 5) is 31.8. The summed E-state index contributed by atoms with van der Waals surface area (Å²) in [6.07, 6.45) is 2.94. The van der Waals surface area contributed by atoms with Crippen molar-refractivity contribution >= 4 is 34.4 Å². The Morgan fingerprint density at radius 2 is 1.81 bits per heavy atom. The molecule has 1 unspecified atom stereocenters. The van der Waals surface area contributed by atoms with E-state index in [1.165, 1.54) is 7.11 Å². The van der Waals surface area contributed by atoms with E-state index in [4.69, 9.17) is 30.2 Å². The minimum Gasteiger partial charge on any atom is -0.493 e. The Hall–Kier alpha value is -4.01. The van der Waals surface area contributed by atoms with Crippen LogP contribution >= 0.6 is 11.6 Å². The van der Waals surface area contributed by atoms with Gasteiger partial charge in [0.25, 0.3) is 11.8 Å². The Bertz CT molecular complexity index is 1610. The summed E-state index contributed by atoms with van der Waals surface area (Å²) in [5.41, 5.74) is 1.43. The van der Waals surface area contributed by atoms with Crippen LogP contribution in [0, 0.1) is 0 Å². The highest BCUT2D eigenvalue weighted by Gasteiger charge is 2.47. The second-order valence-electron chi connectivity index (χ2n) is 11.1. The Morgan fingerprint density at radius 1 is 1.00 bits per heavy atom. The van der Waals surface area contributed by atoms with E-state index >= 15 is 0 Å². The lowest BCUT2D eigenvalue weighted by Gasteiger charge is -2.44. The number of furan rings is 1. The van der Waals surface area contributed by atoms with Crippen molar-refractivity contribution in [1.29, 1.82) is 0 Å². The van der Waals surface area contributed by atoms with E-state index in [9.17, 15) is 9.59 Å². The molecule has 1 fully saturated rings. The van der Waals surface area contributed by atoms with E-state index in [-0.39, 0.29) is 30.7 Å². The summed E-state index contributed by atoms with van der Waals surface area (Å²) in [7, 11) is 1.53. The van der Waals surface area contributed by atoms with E-state index in [1.807, 2.05) is 53.4 Å². The minimum atomic E-state index is -1.19. The van der Waals surface area contributed by atoms with Gasteiger partial charge in [-0.05, 0) is 55.0 Å². The lowest BCUT2D eigenvalue weighted by atomic mass is 9.90. The zero-order valence-corrected chi connectivity index (χ0v) is 25.0. The monoisotopic (exact) mass is 602 g/mol. The quantitative estimate of drug-likeness (QED) is 0.279. The van der Waals surface area contributed by atoms with Gasteiger partial charge in [-0.3, -0.25) is 9.59 Å². The van der Waals surface area contributed by atoms with Gasteiger partial charge in [0, 0.05) is 29.6 Å². The Morgan fingerprint density at radius 3 is 2.65 bits per heavy atom. The smallest absolute Gasteiger partial charge is 0.289 e. The SMILES string of the molecule is COc1cc(Cl)cc2cc(C(=O)N3CCOC4(CCCCc5ccccc5OCCN(Cc5ccccc5)C4=O)C3)oc12. The standard InChI is InChI=1S/C34H35ClN2O6/c1-40-29-21-27(35)19-26-20-30(43-31(26)29)32(38)37-16-18-42-34(23-37)14-8-7-12-25-11-5-6-13-28(25)41-17-15-36(33(34)39)22-24-9-3-2-4-10-24/h2-6,9-11,13,19-21H,7-8,12,14-18,22-23H2,1H3. The van der Waals surface area contributed by atoms with Crippen molar-refractivity contribution < 1.29 is 28.2 Å². The average Bonchev–Trinajstić information content (AvgIpc) is 3.46. The van der Waals surface area contributed by atoms with Crippen LogP contribution in [0.5, 0.6) is 11.5 Å². The van der Waals surface area contributed by atoms with Crippen molar-refractivity contribution in [2.45, 2.75) is 37.8 Å². The van der Waals surface area contributed by atoms with Crippen molar-refractivity contribution in [1.82, 2.24) is 9.80 Å². The van der Waals surface area contributed by atoms with E-state index < -0.39 is 5.60 Å². The molecule has 0 radical (unpaired) electrons. The zero-order chi connectivity index (χ0) is 29.8. The molecule has 6 rings (SSSR count). The molecule has 1 saturated heterocycles. The van der Waals surface area contributed by atoms with Gasteiger partial charge in [-0.1, -0.05) is 60.1 Å². The van der Waals surface area contributed by atoms with Gasteiger partial charge in [-0.25, -0.2) is 0 Å². The molecule has 3 aromatic carbocycles. The van der Waals surface area contributed by atoms with Gasteiger partial charge in [-0.2, -0.15) is 0 Å². The number of aryl methyl sites for hydroxylation is 1. The van der Waals surface area contributed by atoms with Crippen molar-refractivity contribution in [2.24, 2.45) is 0 Å². The highest BCUT2D eigenvalue weighted by atomic mass is 35.5. The third-order valence-corrected chi connectivity index (χ3v) is 8.43. The molecular weight excluding hydrogens is 568 g/mol. The second kappa shape index (κ2) is 12.7. The maximum atomic E-state index is 14.5. The third-order valence-electron chi connectivity index (χ3n) is 8.21. The molecule has 4 aromatic rings. The number of hydrogen-bond donors (Lipinski definition) is 0. The first-order valence-electron chi connectivity index (χ1n) is 14.7. The van der Waals surface area contributed by atoms with Crippen molar-refractivity contribution in [3.63, 3.8) is 0 Å². The first-order valence-corrected chi connectivity index (χ1v) is 15.1.